The molecule has 0 unspecified atom stereocenters. The molecular weight excluding hydrogens is 307 g/mol. The van der Waals surface area contributed by atoms with Crippen molar-refractivity contribution in [2.45, 2.75) is 13.5 Å². The SMILES string of the molecule is Cc1c(C(=O)OCc2c(F)cccc2Cl)oc2ccccc12. The van der Waals surface area contributed by atoms with Crippen molar-refractivity contribution in [1.29, 1.82) is 0 Å². The minimum atomic E-state index is -0.645. The second-order valence-electron chi connectivity index (χ2n) is 4.83. The zero-order valence-electron chi connectivity index (χ0n) is 11.7. The Bertz CT molecular complexity index is 834. The molecule has 0 N–H and O–H groups in total. The van der Waals surface area contributed by atoms with E-state index in [1.165, 1.54) is 12.1 Å². The van der Waals surface area contributed by atoms with Crippen molar-refractivity contribution in [2.24, 2.45) is 0 Å². The number of ether oxygens (including phenoxy) is 1. The third-order valence-electron chi connectivity index (χ3n) is 3.44. The topological polar surface area (TPSA) is 39.4 Å². The van der Waals surface area contributed by atoms with E-state index in [4.69, 9.17) is 20.8 Å². The van der Waals surface area contributed by atoms with Gasteiger partial charge in [-0.15, -0.1) is 0 Å². The quantitative estimate of drug-likeness (QED) is 0.645. The number of carbonyl (C=O) groups excluding carboxylic acids is 1. The number of carbonyl (C=O) groups is 1. The van der Waals surface area contributed by atoms with E-state index in [1.807, 2.05) is 18.2 Å². The van der Waals surface area contributed by atoms with Gasteiger partial charge in [0.2, 0.25) is 5.76 Å². The molecule has 3 nitrogen and oxygen atoms in total. The normalized spacial score (nSPS) is 10.9. The van der Waals surface area contributed by atoms with Gasteiger partial charge in [-0.3, -0.25) is 0 Å². The van der Waals surface area contributed by atoms with Crippen molar-refractivity contribution in [2.75, 3.05) is 0 Å². The number of aryl methyl sites for hydroxylation is 1. The number of halogens is 2. The summed E-state index contributed by atoms with van der Waals surface area (Å²) in [5, 5.41) is 1.06. The highest BCUT2D eigenvalue weighted by Crippen LogP contribution is 2.26. The maximum atomic E-state index is 13.7. The Hall–Kier alpha value is -2.33. The molecule has 0 saturated carbocycles. The first-order valence-corrected chi connectivity index (χ1v) is 7.04. The predicted octanol–water partition coefficient (Wildman–Crippen LogP) is 4.89. The van der Waals surface area contributed by atoms with Crippen molar-refractivity contribution < 1.29 is 18.3 Å². The number of hydrogen-bond acceptors (Lipinski definition) is 3. The van der Waals surface area contributed by atoms with Crippen molar-refractivity contribution in [1.82, 2.24) is 0 Å². The van der Waals surface area contributed by atoms with Crippen LogP contribution in [-0.4, -0.2) is 5.97 Å². The van der Waals surface area contributed by atoms with Crippen molar-refractivity contribution in [3.8, 4) is 0 Å². The Morgan fingerprint density at radius 3 is 2.73 bits per heavy atom. The van der Waals surface area contributed by atoms with E-state index in [-0.39, 0.29) is 23.0 Å². The second-order valence-corrected chi connectivity index (χ2v) is 5.24. The lowest BCUT2D eigenvalue weighted by Crippen LogP contribution is -2.07. The summed E-state index contributed by atoms with van der Waals surface area (Å²) in [6.45, 7) is 1.53. The van der Waals surface area contributed by atoms with Gasteiger partial charge in [0, 0.05) is 16.5 Å². The van der Waals surface area contributed by atoms with Crippen LogP contribution in [0.3, 0.4) is 0 Å². The molecule has 0 atom stereocenters. The van der Waals surface area contributed by atoms with Gasteiger partial charge >= 0.3 is 5.97 Å². The summed E-state index contributed by atoms with van der Waals surface area (Å²) in [6.07, 6.45) is 0. The lowest BCUT2D eigenvalue weighted by molar-refractivity contribution is 0.0434. The van der Waals surface area contributed by atoms with Gasteiger partial charge in [0.15, 0.2) is 0 Å². The van der Waals surface area contributed by atoms with Crippen LogP contribution >= 0.6 is 11.6 Å². The van der Waals surface area contributed by atoms with Crippen molar-refractivity contribution in [3.05, 3.63) is 70.2 Å². The van der Waals surface area contributed by atoms with Gasteiger partial charge in [-0.05, 0) is 25.1 Å². The second kappa shape index (κ2) is 5.81. The van der Waals surface area contributed by atoms with E-state index in [0.717, 1.165) is 5.39 Å². The monoisotopic (exact) mass is 318 g/mol. The summed E-state index contributed by atoms with van der Waals surface area (Å²) < 4.78 is 24.3. The maximum absolute atomic E-state index is 13.7. The predicted molar refractivity (Wildman–Crippen MR) is 81.5 cm³/mol. The molecule has 0 aliphatic heterocycles. The van der Waals surface area contributed by atoms with Gasteiger partial charge in [0.1, 0.15) is 18.0 Å². The molecule has 5 heteroatoms. The molecule has 0 spiro atoms. The number of rotatable bonds is 3. The molecule has 112 valence electrons. The lowest BCUT2D eigenvalue weighted by Gasteiger charge is -2.06. The molecule has 22 heavy (non-hydrogen) atoms. The van der Waals surface area contributed by atoms with Crippen LogP contribution in [-0.2, 0) is 11.3 Å². The van der Waals surface area contributed by atoms with Crippen molar-refractivity contribution >= 4 is 28.5 Å². The smallest absolute Gasteiger partial charge is 0.374 e. The van der Waals surface area contributed by atoms with Crippen LogP contribution in [0.2, 0.25) is 5.02 Å². The number of furan rings is 1. The average molecular weight is 319 g/mol. The van der Waals surface area contributed by atoms with E-state index < -0.39 is 11.8 Å². The fraction of sp³-hybridized carbons (Fsp3) is 0.118. The highest BCUT2D eigenvalue weighted by Gasteiger charge is 2.19. The standard InChI is InChI=1S/C17H12ClFO3/c1-10-11-5-2-3-8-15(11)22-16(10)17(20)21-9-12-13(18)6-4-7-14(12)19/h2-8H,9H2,1H3. The molecule has 0 fully saturated rings. The van der Waals surface area contributed by atoms with Gasteiger partial charge in [0.25, 0.3) is 0 Å². The fourth-order valence-corrected chi connectivity index (χ4v) is 2.46. The summed E-state index contributed by atoms with van der Waals surface area (Å²) >= 11 is 5.90. The highest BCUT2D eigenvalue weighted by molar-refractivity contribution is 6.31. The summed E-state index contributed by atoms with van der Waals surface area (Å²) in [7, 11) is 0. The first kappa shape index (κ1) is 14.6. The lowest BCUT2D eigenvalue weighted by atomic mass is 10.1. The number of esters is 1. The fourth-order valence-electron chi connectivity index (χ4n) is 2.24. The summed E-state index contributed by atoms with van der Waals surface area (Å²) in [6, 6.07) is 11.6. The van der Waals surface area contributed by atoms with Crippen LogP contribution in [0.1, 0.15) is 21.7 Å². The molecule has 0 aliphatic carbocycles. The molecular formula is C17H12ClFO3. The Morgan fingerprint density at radius 1 is 1.23 bits per heavy atom. The Morgan fingerprint density at radius 2 is 2.00 bits per heavy atom. The minimum absolute atomic E-state index is 0.119. The minimum Gasteiger partial charge on any atom is -0.455 e. The maximum Gasteiger partial charge on any atom is 0.374 e. The summed E-state index contributed by atoms with van der Waals surface area (Å²) in [5.74, 6) is -1.04. The van der Waals surface area contributed by atoms with Crippen LogP contribution in [0.25, 0.3) is 11.0 Å². The van der Waals surface area contributed by atoms with E-state index in [9.17, 15) is 9.18 Å². The largest absolute Gasteiger partial charge is 0.455 e. The van der Waals surface area contributed by atoms with Crippen LogP contribution in [0.4, 0.5) is 4.39 Å². The first-order chi connectivity index (χ1) is 10.6. The number of para-hydroxylation sites is 1. The van der Waals surface area contributed by atoms with Crippen molar-refractivity contribution in [3.63, 3.8) is 0 Å². The third kappa shape index (κ3) is 2.57. The van der Waals surface area contributed by atoms with Gasteiger partial charge in [-0.2, -0.15) is 0 Å². The van der Waals surface area contributed by atoms with E-state index in [0.29, 0.717) is 11.1 Å². The van der Waals surface area contributed by atoms with Crippen LogP contribution in [0, 0.1) is 12.7 Å². The van der Waals surface area contributed by atoms with Crippen LogP contribution in [0.5, 0.6) is 0 Å². The molecule has 0 saturated heterocycles. The molecule has 1 aromatic heterocycles. The molecule has 1 heterocycles. The van der Waals surface area contributed by atoms with E-state index >= 15 is 0 Å². The van der Waals surface area contributed by atoms with E-state index in [1.54, 1.807) is 19.1 Å². The molecule has 0 amide bonds. The average Bonchev–Trinajstić information content (AvgIpc) is 2.84. The van der Waals surface area contributed by atoms with Gasteiger partial charge in [0.05, 0.1) is 5.02 Å². The van der Waals surface area contributed by atoms with E-state index in [2.05, 4.69) is 0 Å². The molecule has 0 radical (unpaired) electrons. The van der Waals surface area contributed by atoms with Crippen LogP contribution in [0.15, 0.2) is 46.9 Å². The highest BCUT2D eigenvalue weighted by atomic mass is 35.5. The van der Waals surface area contributed by atoms with Gasteiger partial charge in [-0.25, -0.2) is 9.18 Å². The summed E-state index contributed by atoms with van der Waals surface area (Å²) in [4.78, 5) is 12.1. The van der Waals surface area contributed by atoms with Gasteiger partial charge in [-0.1, -0.05) is 35.9 Å². The number of hydrogen-bond donors (Lipinski definition) is 0. The Labute approximate surface area is 131 Å². The molecule has 3 aromatic rings. The molecule has 2 aromatic carbocycles. The number of fused-ring (bicyclic) bond motifs is 1. The molecule has 0 aliphatic rings. The zero-order chi connectivity index (χ0) is 15.7. The van der Waals surface area contributed by atoms with Crippen LogP contribution < -0.4 is 0 Å². The Kier molecular flexibility index (Phi) is 3.86. The first-order valence-electron chi connectivity index (χ1n) is 6.66. The van der Waals surface area contributed by atoms with Gasteiger partial charge < -0.3 is 9.15 Å². The number of benzene rings is 2. The summed E-state index contributed by atoms with van der Waals surface area (Å²) in [5.41, 5.74) is 1.45. The molecule has 0 bridgehead atoms. The Balaban J connectivity index is 1.83. The zero-order valence-corrected chi connectivity index (χ0v) is 12.5. The molecule has 3 rings (SSSR count). The third-order valence-corrected chi connectivity index (χ3v) is 3.79.